The monoisotopic (exact) mass is 609 g/mol. The van der Waals surface area contributed by atoms with Crippen molar-refractivity contribution in [2.24, 2.45) is 11.3 Å². The molecular weight excluding hydrogens is 573 g/mol. The van der Waals surface area contributed by atoms with Crippen molar-refractivity contribution in [1.29, 1.82) is 0 Å². The van der Waals surface area contributed by atoms with Crippen LogP contribution >= 0.6 is 7.37 Å². The number of carbonyl (C=O) groups is 4. The number of hydrogen-bond acceptors (Lipinski definition) is 6. The summed E-state index contributed by atoms with van der Waals surface area (Å²) < 4.78 is 19.9. The molecule has 0 aliphatic carbocycles. The van der Waals surface area contributed by atoms with Crippen molar-refractivity contribution in [2.75, 3.05) is 12.9 Å². The highest BCUT2D eigenvalue weighted by Crippen LogP contribution is 2.58. The lowest BCUT2D eigenvalue weighted by atomic mass is 9.75. The summed E-state index contributed by atoms with van der Waals surface area (Å²) in [6.07, 6.45) is -1.10. The molecule has 0 bridgehead atoms. The van der Waals surface area contributed by atoms with E-state index in [4.69, 9.17) is 4.74 Å². The van der Waals surface area contributed by atoms with E-state index in [2.05, 4.69) is 0 Å². The van der Waals surface area contributed by atoms with Gasteiger partial charge >= 0.3 is 11.9 Å². The molecular formula is C32H36NO9P. The Labute approximate surface area is 249 Å². The Balaban J connectivity index is 1.62. The zero-order valence-electron chi connectivity index (χ0n) is 24.1. The molecule has 2 amide bonds. The Bertz CT molecular complexity index is 1500. The molecule has 1 aliphatic rings. The molecule has 43 heavy (non-hydrogen) atoms. The second kappa shape index (κ2) is 13.2. The quantitative estimate of drug-likeness (QED) is 0.0860. The maximum Gasteiger partial charge on any atom is 0.321 e. The summed E-state index contributed by atoms with van der Waals surface area (Å²) in [5.41, 5.74) is -3.10. The van der Waals surface area contributed by atoms with Crippen LogP contribution in [0.15, 0.2) is 66.7 Å². The van der Waals surface area contributed by atoms with Crippen molar-refractivity contribution in [1.82, 2.24) is 4.90 Å². The van der Waals surface area contributed by atoms with Gasteiger partial charge in [-0.15, -0.1) is 0 Å². The minimum absolute atomic E-state index is 0.171. The number of carboxylic acid groups (broad SMARTS) is 2. The summed E-state index contributed by atoms with van der Waals surface area (Å²) in [4.78, 5) is 64.6. The van der Waals surface area contributed by atoms with Crippen LogP contribution in [0.1, 0.15) is 65.8 Å². The maximum atomic E-state index is 14.2. The van der Waals surface area contributed by atoms with Gasteiger partial charge in [-0.05, 0) is 48.3 Å². The largest absolute Gasteiger partial charge is 0.480 e. The minimum Gasteiger partial charge on any atom is -0.480 e. The van der Waals surface area contributed by atoms with Crippen molar-refractivity contribution in [2.45, 2.75) is 51.8 Å². The molecule has 11 heteroatoms. The van der Waals surface area contributed by atoms with Gasteiger partial charge in [0.2, 0.25) is 7.37 Å². The van der Waals surface area contributed by atoms with E-state index in [1.807, 2.05) is 30.3 Å². The molecule has 3 aromatic carbocycles. The van der Waals surface area contributed by atoms with Crippen LogP contribution in [0.2, 0.25) is 0 Å². The number of benzene rings is 3. The molecule has 1 heterocycles. The van der Waals surface area contributed by atoms with E-state index in [0.717, 1.165) is 5.56 Å². The SMILES string of the molecule is CC(C)CC(C(=O)O)(C(=O)O)C(CCCCOCc1ccccc1)P(=O)(O)CN1C(=O)c2cccc3cccc(c23)C1=O. The molecule has 3 N–H and O–H groups in total. The summed E-state index contributed by atoms with van der Waals surface area (Å²) in [7, 11) is -4.84. The predicted octanol–water partition coefficient (Wildman–Crippen LogP) is 5.62. The molecule has 0 aromatic heterocycles. The molecule has 0 saturated heterocycles. The molecule has 1 aliphatic heterocycles. The third-order valence-corrected chi connectivity index (χ3v) is 10.2. The van der Waals surface area contributed by atoms with Gasteiger partial charge in [-0.25, -0.2) is 0 Å². The van der Waals surface area contributed by atoms with E-state index in [0.29, 0.717) is 28.7 Å². The van der Waals surface area contributed by atoms with Gasteiger partial charge in [-0.1, -0.05) is 74.9 Å². The van der Waals surface area contributed by atoms with Crippen molar-refractivity contribution < 1.29 is 43.6 Å². The van der Waals surface area contributed by atoms with Crippen molar-refractivity contribution in [3.05, 3.63) is 83.4 Å². The molecule has 228 valence electrons. The number of imide groups is 1. The van der Waals surface area contributed by atoms with Gasteiger partial charge < -0.3 is 19.8 Å². The van der Waals surface area contributed by atoms with Crippen LogP contribution in [-0.2, 0) is 25.5 Å². The van der Waals surface area contributed by atoms with E-state index in [9.17, 15) is 38.8 Å². The molecule has 0 fully saturated rings. The first kappa shape index (κ1) is 32.1. The number of aliphatic carboxylic acids is 2. The molecule has 3 aromatic rings. The van der Waals surface area contributed by atoms with Crippen molar-refractivity contribution in [3.8, 4) is 0 Å². The second-order valence-corrected chi connectivity index (χ2v) is 13.8. The topological polar surface area (TPSA) is 159 Å². The number of carbonyl (C=O) groups excluding carboxylic acids is 2. The first-order valence-corrected chi connectivity index (χ1v) is 16.1. The van der Waals surface area contributed by atoms with Gasteiger partial charge in [0.25, 0.3) is 11.8 Å². The molecule has 0 radical (unpaired) electrons. The lowest BCUT2D eigenvalue weighted by Gasteiger charge is -2.39. The maximum absolute atomic E-state index is 14.2. The molecule has 0 saturated carbocycles. The number of amides is 2. The van der Waals surface area contributed by atoms with Gasteiger partial charge in [-0.2, -0.15) is 0 Å². The summed E-state index contributed by atoms with van der Waals surface area (Å²) >= 11 is 0. The van der Waals surface area contributed by atoms with Gasteiger partial charge in [0.15, 0.2) is 5.41 Å². The van der Waals surface area contributed by atoms with Crippen LogP contribution in [-0.4, -0.2) is 62.3 Å². The number of unbranched alkanes of at least 4 members (excludes halogenated alkanes) is 1. The lowest BCUT2D eigenvalue weighted by molar-refractivity contribution is -0.166. The van der Waals surface area contributed by atoms with E-state index >= 15 is 0 Å². The van der Waals surface area contributed by atoms with Crippen LogP contribution in [0.4, 0.5) is 0 Å². The second-order valence-electron chi connectivity index (χ2n) is 11.4. The molecule has 4 rings (SSSR count). The third kappa shape index (κ3) is 6.56. The van der Waals surface area contributed by atoms with Gasteiger partial charge in [0, 0.05) is 23.1 Å². The zero-order chi connectivity index (χ0) is 31.4. The number of rotatable bonds is 15. The normalized spacial score (nSPS) is 15.5. The van der Waals surface area contributed by atoms with E-state index in [1.165, 1.54) is 12.1 Å². The number of nitrogens with zero attached hydrogens (tertiary/aromatic N) is 1. The fourth-order valence-corrected chi connectivity index (χ4v) is 8.40. The third-order valence-electron chi connectivity index (χ3n) is 7.88. The van der Waals surface area contributed by atoms with Gasteiger partial charge in [0.1, 0.15) is 6.29 Å². The van der Waals surface area contributed by atoms with Crippen LogP contribution in [0, 0.1) is 11.3 Å². The summed E-state index contributed by atoms with van der Waals surface area (Å²) in [5.74, 6) is -5.51. The Kier molecular flexibility index (Phi) is 9.85. The van der Waals surface area contributed by atoms with Crippen LogP contribution in [0.5, 0.6) is 0 Å². The lowest BCUT2D eigenvalue weighted by Crippen LogP contribution is -2.51. The minimum atomic E-state index is -4.84. The van der Waals surface area contributed by atoms with Crippen LogP contribution in [0.3, 0.4) is 0 Å². The zero-order valence-corrected chi connectivity index (χ0v) is 25.0. The fraction of sp³-hybridized carbons (Fsp3) is 0.375. The molecule has 2 unspecified atom stereocenters. The highest BCUT2D eigenvalue weighted by Gasteiger charge is 2.59. The molecule has 2 atom stereocenters. The summed E-state index contributed by atoms with van der Waals surface area (Å²) in [5, 5.41) is 21.7. The van der Waals surface area contributed by atoms with E-state index in [-0.39, 0.29) is 30.6 Å². The number of carboxylic acids is 2. The van der Waals surface area contributed by atoms with Gasteiger partial charge in [-0.3, -0.25) is 28.6 Å². The molecule has 0 spiro atoms. The number of ether oxygens (including phenoxy) is 1. The highest BCUT2D eigenvalue weighted by atomic mass is 31.2. The first-order chi connectivity index (χ1) is 20.4. The average molecular weight is 610 g/mol. The Morgan fingerprint density at radius 2 is 1.47 bits per heavy atom. The summed E-state index contributed by atoms with van der Waals surface area (Å²) in [6.45, 7) is 3.87. The number of hydrogen-bond donors (Lipinski definition) is 3. The smallest absolute Gasteiger partial charge is 0.321 e. The first-order valence-electron chi connectivity index (χ1n) is 14.2. The van der Waals surface area contributed by atoms with Crippen molar-refractivity contribution in [3.63, 3.8) is 0 Å². The van der Waals surface area contributed by atoms with E-state index in [1.54, 1.807) is 38.1 Å². The fourth-order valence-electron chi connectivity index (χ4n) is 5.94. The predicted molar refractivity (Wildman–Crippen MR) is 160 cm³/mol. The average Bonchev–Trinajstić information content (AvgIpc) is 2.96. The van der Waals surface area contributed by atoms with E-state index < -0.39 is 60.8 Å². The Hall–Kier alpha value is -3.85. The summed E-state index contributed by atoms with van der Waals surface area (Å²) in [6, 6.07) is 19.2. The Morgan fingerprint density at radius 3 is 2.00 bits per heavy atom. The molecule has 10 nitrogen and oxygen atoms in total. The van der Waals surface area contributed by atoms with Crippen LogP contribution in [0.25, 0.3) is 10.8 Å². The standard InChI is InChI=1S/C32H36NO9P/c1-21(2)18-32(30(36)37,31(38)39)26(16-6-7-17-42-19-22-10-4-3-5-11-22)43(40,41)20-33-28(34)24-14-8-12-23-13-9-15-25(27(23)24)29(33)35/h3-5,8-15,21,26H,6-7,16-20H2,1-2H3,(H,36,37)(H,38,39)(H,40,41). The van der Waals surface area contributed by atoms with Gasteiger partial charge in [0.05, 0.1) is 12.3 Å². The highest BCUT2D eigenvalue weighted by molar-refractivity contribution is 7.58. The Morgan fingerprint density at radius 1 is 0.884 bits per heavy atom. The van der Waals surface area contributed by atoms with Crippen LogP contribution < -0.4 is 0 Å². The van der Waals surface area contributed by atoms with Crippen molar-refractivity contribution >= 4 is 41.9 Å².